The van der Waals surface area contributed by atoms with Crippen LogP contribution < -0.4 is 15.9 Å². The Morgan fingerprint density at radius 2 is 2.16 bits per heavy atom. The Balaban J connectivity index is 1.89. The number of rotatable bonds is 3. The summed E-state index contributed by atoms with van der Waals surface area (Å²) in [5, 5.41) is 11.3. The van der Waals surface area contributed by atoms with Gasteiger partial charge in [0.1, 0.15) is 5.70 Å². The van der Waals surface area contributed by atoms with E-state index in [0.717, 1.165) is 26.5 Å². The van der Waals surface area contributed by atoms with Gasteiger partial charge in [-0.3, -0.25) is 10.1 Å². The van der Waals surface area contributed by atoms with Crippen LogP contribution in [-0.2, 0) is 4.79 Å². The summed E-state index contributed by atoms with van der Waals surface area (Å²) in [6.45, 7) is 2.09. The van der Waals surface area contributed by atoms with Gasteiger partial charge in [-0.25, -0.2) is 10.0 Å². The third-order valence-corrected chi connectivity index (χ3v) is 5.46. The minimum absolute atomic E-state index is 0.165. The number of hydrogen-bond donors (Lipinski definition) is 1. The maximum Gasteiger partial charge on any atom is 0.276 e. The lowest BCUT2D eigenvalue weighted by Gasteiger charge is -2.32. The van der Waals surface area contributed by atoms with Gasteiger partial charge in [0.05, 0.1) is 5.36 Å². The largest absolute Gasteiger partial charge is 0.451 e. The molecule has 3 heterocycles. The van der Waals surface area contributed by atoms with Crippen LogP contribution in [0, 0.1) is 3.77 Å². The molecular formula is C17H15IN4O2S. The van der Waals surface area contributed by atoms with Crippen LogP contribution >= 0.6 is 34.4 Å². The number of amides is 1. The van der Waals surface area contributed by atoms with E-state index in [1.807, 2.05) is 36.4 Å². The molecule has 1 amide bonds. The van der Waals surface area contributed by atoms with Crippen LogP contribution in [-0.4, -0.2) is 21.8 Å². The van der Waals surface area contributed by atoms with Gasteiger partial charge in [0, 0.05) is 11.0 Å². The van der Waals surface area contributed by atoms with E-state index < -0.39 is 6.17 Å². The summed E-state index contributed by atoms with van der Waals surface area (Å²) in [5.74, 6) is 1.39. The molecule has 0 fully saturated rings. The first-order valence-corrected chi connectivity index (χ1v) is 9.98. The second-order valence-corrected chi connectivity index (χ2v) is 7.71. The average Bonchev–Trinajstić information content (AvgIpc) is 3.05. The number of fused-ring (bicyclic) bond motifs is 2. The van der Waals surface area contributed by atoms with E-state index >= 15 is 0 Å². The molecule has 0 saturated carbocycles. The summed E-state index contributed by atoms with van der Waals surface area (Å²) in [6, 6.07) is 11.4. The van der Waals surface area contributed by atoms with Crippen LogP contribution in [0.15, 0.2) is 50.9 Å². The number of benzene rings is 1. The zero-order valence-corrected chi connectivity index (χ0v) is 16.4. The molecular weight excluding hydrogens is 451 g/mol. The standard InChI is InChI=1S/C17H15IN4O2S/c1-2-9-25-17-20-16(23)14-10-5-3-4-6-11(10)19-15(22(14)21-17)12-7-8-13(18)24-12/h3-8,15H,2,9H2,1H3,(H,20,21,23)/t15-/m1/s1. The molecule has 128 valence electrons. The fraction of sp³-hybridized carbons (Fsp3) is 0.235. The molecule has 1 N–H and O–H groups in total. The van der Waals surface area contributed by atoms with Crippen LogP contribution in [0.25, 0.3) is 5.70 Å². The second kappa shape index (κ2) is 6.83. The van der Waals surface area contributed by atoms with E-state index in [0.29, 0.717) is 16.6 Å². The average molecular weight is 466 g/mol. The number of nitrogens with zero attached hydrogens (tertiary/aromatic N) is 3. The summed E-state index contributed by atoms with van der Waals surface area (Å²) < 4.78 is 6.54. The molecule has 8 heteroatoms. The van der Waals surface area contributed by atoms with Crippen molar-refractivity contribution in [2.75, 3.05) is 5.75 Å². The smallest absolute Gasteiger partial charge is 0.276 e. The van der Waals surface area contributed by atoms with Gasteiger partial charge in [-0.05, 0) is 47.2 Å². The lowest BCUT2D eigenvalue weighted by atomic mass is 10.1. The normalized spacial score (nSPS) is 18.9. The number of halogens is 1. The molecule has 1 atom stereocenters. The van der Waals surface area contributed by atoms with Crippen molar-refractivity contribution in [2.24, 2.45) is 10.1 Å². The number of thioether (sulfide) groups is 1. The summed E-state index contributed by atoms with van der Waals surface area (Å²) in [5.41, 5.74) is 0.503. The number of para-hydroxylation sites is 1. The van der Waals surface area contributed by atoms with Crippen molar-refractivity contribution in [1.82, 2.24) is 10.3 Å². The van der Waals surface area contributed by atoms with Crippen molar-refractivity contribution in [3.63, 3.8) is 0 Å². The highest BCUT2D eigenvalue weighted by molar-refractivity contribution is 14.1. The monoisotopic (exact) mass is 466 g/mol. The van der Waals surface area contributed by atoms with Gasteiger partial charge >= 0.3 is 0 Å². The summed E-state index contributed by atoms with van der Waals surface area (Å²) in [6.07, 6.45) is 0.514. The third kappa shape index (κ3) is 3.08. The van der Waals surface area contributed by atoms with Crippen LogP contribution in [0.1, 0.15) is 25.3 Å². The van der Waals surface area contributed by atoms with Crippen molar-refractivity contribution in [3.8, 4) is 0 Å². The van der Waals surface area contributed by atoms with E-state index in [4.69, 9.17) is 9.41 Å². The first kappa shape index (κ1) is 16.6. The zero-order valence-electron chi connectivity index (χ0n) is 13.4. The van der Waals surface area contributed by atoms with E-state index in [1.54, 1.807) is 5.01 Å². The van der Waals surface area contributed by atoms with E-state index in [1.165, 1.54) is 11.8 Å². The van der Waals surface area contributed by atoms with Gasteiger partial charge in [0.25, 0.3) is 5.91 Å². The van der Waals surface area contributed by atoms with Crippen LogP contribution in [0.2, 0.25) is 0 Å². The molecule has 6 nitrogen and oxygen atoms in total. The Bertz CT molecular complexity index is 985. The highest BCUT2D eigenvalue weighted by Crippen LogP contribution is 2.31. The molecule has 2 aromatic rings. The zero-order chi connectivity index (χ0) is 17.4. The molecule has 4 rings (SSSR count). The Morgan fingerprint density at radius 3 is 2.92 bits per heavy atom. The molecule has 25 heavy (non-hydrogen) atoms. The van der Waals surface area contributed by atoms with Gasteiger partial charge in [-0.15, -0.1) is 5.10 Å². The van der Waals surface area contributed by atoms with Gasteiger partial charge in [-0.2, -0.15) is 0 Å². The number of carbonyl (C=O) groups excluding carboxylic acids is 1. The molecule has 0 unspecified atom stereocenters. The van der Waals surface area contributed by atoms with Crippen molar-refractivity contribution >= 4 is 51.1 Å². The minimum Gasteiger partial charge on any atom is -0.451 e. The van der Waals surface area contributed by atoms with E-state index in [2.05, 4.69) is 39.9 Å². The Morgan fingerprint density at radius 1 is 1.32 bits per heavy atom. The van der Waals surface area contributed by atoms with Crippen molar-refractivity contribution in [1.29, 1.82) is 0 Å². The lowest BCUT2D eigenvalue weighted by Crippen LogP contribution is -2.50. The predicted octanol–water partition coefficient (Wildman–Crippen LogP) is 2.17. The van der Waals surface area contributed by atoms with Crippen LogP contribution in [0.3, 0.4) is 0 Å². The number of hydrogen-bond acceptors (Lipinski definition) is 6. The maximum atomic E-state index is 12.8. The molecule has 0 radical (unpaired) electrons. The Kier molecular flexibility index (Phi) is 4.55. The van der Waals surface area contributed by atoms with Gasteiger partial charge in [-0.1, -0.05) is 36.9 Å². The van der Waals surface area contributed by atoms with Gasteiger partial charge in [0.2, 0.25) is 6.17 Å². The quantitative estimate of drug-likeness (QED) is 0.705. The summed E-state index contributed by atoms with van der Waals surface area (Å²) in [4.78, 5) is 17.6. The van der Waals surface area contributed by atoms with E-state index in [9.17, 15) is 4.79 Å². The van der Waals surface area contributed by atoms with Crippen molar-refractivity contribution in [3.05, 3.63) is 56.5 Å². The lowest BCUT2D eigenvalue weighted by molar-refractivity contribution is -0.116. The number of nitrogens with one attached hydrogen (secondary N) is 1. The van der Waals surface area contributed by atoms with Crippen LogP contribution in [0.4, 0.5) is 0 Å². The number of furan rings is 1. The molecule has 2 aliphatic rings. The predicted molar refractivity (Wildman–Crippen MR) is 105 cm³/mol. The van der Waals surface area contributed by atoms with Crippen molar-refractivity contribution in [2.45, 2.75) is 19.5 Å². The highest BCUT2D eigenvalue weighted by atomic mass is 127. The summed E-state index contributed by atoms with van der Waals surface area (Å²) in [7, 11) is 0. The fourth-order valence-electron chi connectivity index (χ4n) is 2.74. The first-order chi connectivity index (χ1) is 12.2. The van der Waals surface area contributed by atoms with Gasteiger partial charge in [0.15, 0.2) is 14.7 Å². The van der Waals surface area contributed by atoms with E-state index in [-0.39, 0.29) is 5.91 Å². The molecule has 1 aromatic carbocycles. The topological polar surface area (TPSA) is 70.2 Å². The SMILES string of the molecule is CCCSC1=NN2C(=c3ccccc3=N[C@H]2c2ccc(I)o2)C(=O)N1. The Labute approximate surface area is 162 Å². The molecule has 0 saturated heterocycles. The van der Waals surface area contributed by atoms with Crippen molar-refractivity contribution < 1.29 is 9.21 Å². The molecule has 0 aliphatic carbocycles. The number of carbonyl (C=O) groups is 1. The number of hydrazone groups is 1. The second-order valence-electron chi connectivity index (χ2n) is 5.56. The summed E-state index contributed by atoms with van der Waals surface area (Å²) >= 11 is 3.65. The molecule has 2 aliphatic heterocycles. The minimum atomic E-state index is -0.489. The third-order valence-electron chi connectivity index (χ3n) is 3.81. The molecule has 0 spiro atoms. The maximum absolute atomic E-state index is 12.8. The fourth-order valence-corrected chi connectivity index (χ4v) is 3.89. The first-order valence-electron chi connectivity index (χ1n) is 7.92. The molecule has 1 aromatic heterocycles. The molecule has 0 bridgehead atoms. The van der Waals surface area contributed by atoms with Crippen LogP contribution in [0.5, 0.6) is 0 Å². The number of amidine groups is 1. The Hall–Kier alpha value is -1.81. The highest BCUT2D eigenvalue weighted by Gasteiger charge is 2.35. The van der Waals surface area contributed by atoms with Gasteiger partial charge < -0.3 is 4.42 Å².